The van der Waals surface area contributed by atoms with E-state index in [0.29, 0.717) is 6.04 Å². The van der Waals surface area contributed by atoms with E-state index in [1.807, 2.05) is 23.7 Å². The van der Waals surface area contributed by atoms with Crippen LogP contribution < -0.4 is 0 Å². The maximum atomic E-state index is 4.07. The van der Waals surface area contributed by atoms with Gasteiger partial charge in [-0.3, -0.25) is 9.88 Å². The zero-order chi connectivity index (χ0) is 12.2. The summed E-state index contributed by atoms with van der Waals surface area (Å²) in [6.45, 7) is 2.40. The van der Waals surface area contributed by atoms with Gasteiger partial charge in [-0.15, -0.1) is 0 Å². The molecule has 0 unspecified atom stereocenters. The van der Waals surface area contributed by atoms with Gasteiger partial charge in [-0.05, 0) is 65.9 Å². The Kier molecular flexibility index (Phi) is 3.72. The molecule has 2 aromatic rings. The first-order valence-corrected chi connectivity index (χ1v) is 7.53. The molecule has 3 heteroatoms. The molecule has 1 atom stereocenters. The molecule has 0 saturated carbocycles. The minimum absolute atomic E-state index is 0.651. The summed E-state index contributed by atoms with van der Waals surface area (Å²) in [4.78, 5) is 6.70. The van der Waals surface area contributed by atoms with Crippen molar-refractivity contribution in [2.45, 2.75) is 25.3 Å². The van der Waals surface area contributed by atoms with Gasteiger partial charge in [0.25, 0.3) is 0 Å². The van der Waals surface area contributed by atoms with Gasteiger partial charge < -0.3 is 0 Å². The van der Waals surface area contributed by atoms with Crippen molar-refractivity contribution < 1.29 is 0 Å². The Labute approximate surface area is 112 Å². The number of pyridine rings is 1. The summed E-state index contributed by atoms with van der Waals surface area (Å²) in [5.74, 6) is 0. The molecule has 0 aliphatic carbocycles. The molecule has 0 aromatic carbocycles. The second kappa shape index (κ2) is 5.63. The quantitative estimate of drug-likeness (QED) is 0.834. The summed E-state index contributed by atoms with van der Waals surface area (Å²) in [5, 5.41) is 4.49. The van der Waals surface area contributed by atoms with Crippen molar-refractivity contribution in [2.75, 3.05) is 13.1 Å². The van der Waals surface area contributed by atoms with Gasteiger partial charge in [0.05, 0.1) is 0 Å². The second-order valence-electron chi connectivity index (χ2n) is 4.86. The highest BCUT2D eigenvalue weighted by Crippen LogP contribution is 2.32. The van der Waals surface area contributed by atoms with E-state index >= 15 is 0 Å². The molecular formula is C15H18N2S. The predicted octanol–water partition coefficient (Wildman–Crippen LogP) is 3.52. The van der Waals surface area contributed by atoms with Crippen LogP contribution in [0.5, 0.6) is 0 Å². The maximum Gasteiger partial charge on any atom is 0.0356 e. The van der Waals surface area contributed by atoms with E-state index in [9.17, 15) is 0 Å². The minimum atomic E-state index is 0.651. The molecule has 0 bridgehead atoms. The number of rotatable bonds is 4. The zero-order valence-electron chi connectivity index (χ0n) is 10.5. The lowest BCUT2D eigenvalue weighted by Gasteiger charge is -2.23. The molecule has 2 aromatic heterocycles. The summed E-state index contributed by atoms with van der Waals surface area (Å²) in [7, 11) is 0. The van der Waals surface area contributed by atoms with Gasteiger partial charge in [0, 0.05) is 25.0 Å². The predicted molar refractivity (Wildman–Crippen MR) is 75.8 cm³/mol. The summed E-state index contributed by atoms with van der Waals surface area (Å²) in [6.07, 6.45) is 7.54. The largest absolute Gasteiger partial charge is 0.296 e. The second-order valence-corrected chi connectivity index (χ2v) is 5.64. The molecule has 1 aliphatic heterocycles. The molecule has 0 spiro atoms. The van der Waals surface area contributed by atoms with Gasteiger partial charge in [-0.2, -0.15) is 11.3 Å². The lowest BCUT2D eigenvalue weighted by molar-refractivity contribution is 0.261. The molecule has 2 nitrogen and oxygen atoms in total. The molecule has 3 rings (SSSR count). The number of hydrogen-bond donors (Lipinski definition) is 0. The van der Waals surface area contributed by atoms with E-state index < -0.39 is 0 Å². The van der Waals surface area contributed by atoms with E-state index in [-0.39, 0.29) is 0 Å². The SMILES string of the molecule is c1cc(CCN2CCC[C@@H]2c2ccsc2)ccn1. The Morgan fingerprint density at radius 3 is 2.94 bits per heavy atom. The van der Waals surface area contributed by atoms with Crippen LogP contribution in [-0.2, 0) is 6.42 Å². The highest BCUT2D eigenvalue weighted by molar-refractivity contribution is 7.07. The summed E-state index contributed by atoms with van der Waals surface area (Å²) in [5.41, 5.74) is 2.90. The van der Waals surface area contributed by atoms with Crippen LogP contribution in [0.2, 0.25) is 0 Å². The van der Waals surface area contributed by atoms with E-state index in [1.54, 1.807) is 0 Å². The van der Waals surface area contributed by atoms with Crippen LogP contribution in [0, 0.1) is 0 Å². The van der Waals surface area contributed by atoms with Gasteiger partial charge in [-0.25, -0.2) is 0 Å². The number of aromatic nitrogens is 1. The van der Waals surface area contributed by atoms with Crippen molar-refractivity contribution in [3.63, 3.8) is 0 Å². The molecule has 0 amide bonds. The van der Waals surface area contributed by atoms with Crippen LogP contribution in [0.1, 0.15) is 30.0 Å². The molecule has 0 radical (unpaired) electrons. The normalized spacial score (nSPS) is 20.3. The lowest BCUT2D eigenvalue weighted by atomic mass is 10.1. The Bertz CT molecular complexity index is 467. The topological polar surface area (TPSA) is 16.1 Å². The van der Waals surface area contributed by atoms with Crippen molar-refractivity contribution in [3.05, 3.63) is 52.5 Å². The van der Waals surface area contributed by atoms with Gasteiger partial charge in [-0.1, -0.05) is 0 Å². The van der Waals surface area contributed by atoms with Crippen molar-refractivity contribution in [1.29, 1.82) is 0 Å². The number of hydrogen-bond acceptors (Lipinski definition) is 3. The van der Waals surface area contributed by atoms with Crippen molar-refractivity contribution in [1.82, 2.24) is 9.88 Å². The molecule has 0 N–H and O–H groups in total. The van der Waals surface area contributed by atoms with Gasteiger partial charge in [0.1, 0.15) is 0 Å². The third kappa shape index (κ3) is 2.62. The fraction of sp³-hybridized carbons (Fsp3) is 0.400. The molecular weight excluding hydrogens is 240 g/mol. The first-order chi connectivity index (χ1) is 8.93. The summed E-state index contributed by atoms with van der Waals surface area (Å²) in [6, 6.07) is 7.17. The highest BCUT2D eigenvalue weighted by atomic mass is 32.1. The lowest BCUT2D eigenvalue weighted by Crippen LogP contribution is -2.25. The molecule has 1 aliphatic rings. The Balaban J connectivity index is 1.62. The third-order valence-corrected chi connectivity index (χ3v) is 4.43. The first kappa shape index (κ1) is 11.9. The van der Waals surface area contributed by atoms with Crippen LogP contribution in [-0.4, -0.2) is 23.0 Å². The third-order valence-electron chi connectivity index (χ3n) is 3.73. The van der Waals surface area contributed by atoms with Crippen LogP contribution in [0.4, 0.5) is 0 Å². The molecule has 3 heterocycles. The van der Waals surface area contributed by atoms with Crippen molar-refractivity contribution in [2.24, 2.45) is 0 Å². The van der Waals surface area contributed by atoms with Gasteiger partial charge >= 0.3 is 0 Å². The number of nitrogens with zero attached hydrogens (tertiary/aromatic N) is 2. The summed E-state index contributed by atoms with van der Waals surface area (Å²) >= 11 is 1.81. The Morgan fingerprint density at radius 2 is 2.17 bits per heavy atom. The van der Waals surface area contributed by atoms with E-state index in [4.69, 9.17) is 0 Å². The highest BCUT2D eigenvalue weighted by Gasteiger charge is 2.25. The van der Waals surface area contributed by atoms with E-state index in [2.05, 4.69) is 38.8 Å². The Hall–Kier alpha value is -1.19. The molecule has 18 heavy (non-hydrogen) atoms. The van der Waals surface area contributed by atoms with Crippen LogP contribution >= 0.6 is 11.3 Å². The van der Waals surface area contributed by atoms with Crippen molar-refractivity contribution in [3.8, 4) is 0 Å². The van der Waals surface area contributed by atoms with Crippen molar-refractivity contribution >= 4 is 11.3 Å². The zero-order valence-corrected chi connectivity index (χ0v) is 11.3. The maximum absolute atomic E-state index is 4.07. The van der Waals surface area contributed by atoms with Crippen LogP contribution in [0.25, 0.3) is 0 Å². The van der Waals surface area contributed by atoms with E-state index in [1.165, 1.54) is 30.5 Å². The monoisotopic (exact) mass is 258 g/mol. The van der Waals surface area contributed by atoms with Crippen LogP contribution in [0.3, 0.4) is 0 Å². The standard InChI is InChI=1S/C15H18N2S/c1-2-15(14-6-11-18-12-14)17(9-1)10-5-13-3-7-16-8-4-13/h3-4,6-8,11-12,15H,1-2,5,9-10H2/t15-/m1/s1. The minimum Gasteiger partial charge on any atom is -0.296 e. The molecule has 1 saturated heterocycles. The van der Waals surface area contributed by atoms with Crippen LogP contribution in [0.15, 0.2) is 41.4 Å². The smallest absolute Gasteiger partial charge is 0.0356 e. The average Bonchev–Trinajstić information content (AvgIpc) is 3.08. The van der Waals surface area contributed by atoms with E-state index in [0.717, 1.165) is 13.0 Å². The Morgan fingerprint density at radius 1 is 1.28 bits per heavy atom. The fourth-order valence-corrected chi connectivity index (χ4v) is 3.47. The number of likely N-dealkylation sites (tertiary alicyclic amines) is 1. The number of thiophene rings is 1. The molecule has 1 fully saturated rings. The summed E-state index contributed by atoms with van der Waals surface area (Å²) < 4.78 is 0. The fourth-order valence-electron chi connectivity index (χ4n) is 2.76. The average molecular weight is 258 g/mol. The van der Waals surface area contributed by atoms with Gasteiger partial charge in [0.15, 0.2) is 0 Å². The first-order valence-electron chi connectivity index (χ1n) is 6.58. The van der Waals surface area contributed by atoms with Gasteiger partial charge in [0.2, 0.25) is 0 Å². The molecule has 94 valence electrons.